The van der Waals surface area contributed by atoms with E-state index >= 15 is 0 Å². The maximum atomic E-state index is 14.4. The molecule has 0 unspecified atom stereocenters. The highest BCUT2D eigenvalue weighted by molar-refractivity contribution is 6.04. The predicted octanol–water partition coefficient (Wildman–Crippen LogP) is 5.46. The summed E-state index contributed by atoms with van der Waals surface area (Å²) >= 11 is 0. The Kier molecular flexibility index (Phi) is 5.61. The number of rotatable bonds is 7. The van der Waals surface area contributed by atoms with Crippen molar-refractivity contribution in [2.75, 3.05) is 0 Å². The molecule has 33 heavy (non-hydrogen) atoms. The van der Waals surface area contributed by atoms with Gasteiger partial charge in [0.2, 0.25) is 5.91 Å². The second kappa shape index (κ2) is 8.03. The average Bonchev–Trinajstić information content (AvgIpc) is 3.40. The number of amides is 1. The quantitative estimate of drug-likeness (QED) is 0.458. The van der Waals surface area contributed by atoms with Crippen LogP contribution in [0.4, 0.5) is 17.6 Å². The Morgan fingerprint density at radius 1 is 1.12 bits per heavy atom. The van der Waals surface area contributed by atoms with Crippen molar-refractivity contribution < 1.29 is 26.8 Å². The minimum atomic E-state index is -4.77. The number of nitriles is 1. The summed E-state index contributed by atoms with van der Waals surface area (Å²) in [4.78, 5) is 12.8. The standard InChI is InChI=1S/C24H23F4N3O2/c1-22(2,25)12-17(21(32)31-23(13-29)9-10-23)30-20(24(26,27)28)14-7-8-16-15-5-3-4-6-18(15)33-19(16)11-14/h3-8,11,17,20,30H,9-10,12H2,1-2H3,(H,31,32)/t17-,20-/m0/s1. The fourth-order valence-electron chi connectivity index (χ4n) is 3.93. The molecule has 1 aromatic heterocycles. The van der Waals surface area contributed by atoms with Crippen molar-refractivity contribution in [2.24, 2.45) is 0 Å². The first-order valence-corrected chi connectivity index (χ1v) is 10.6. The van der Waals surface area contributed by atoms with Gasteiger partial charge in [0.25, 0.3) is 0 Å². The average molecular weight is 461 g/mol. The van der Waals surface area contributed by atoms with Crippen LogP contribution in [0.5, 0.6) is 0 Å². The Morgan fingerprint density at radius 3 is 2.39 bits per heavy atom. The van der Waals surface area contributed by atoms with Crippen molar-refractivity contribution in [3.63, 3.8) is 0 Å². The lowest BCUT2D eigenvalue weighted by molar-refractivity contribution is -0.161. The second-order valence-electron chi connectivity index (χ2n) is 9.15. The van der Waals surface area contributed by atoms with Crippen LogP contribution in [0.2, 0.25) is 0 Å². The van der Waals surface area contributed by atoms with Gasteiger partial charge in [0, 0.05) is 17.2 Å². The van der Waals surface area contributed by atoms with Gasteiger partial charge in [0.1, 0.15) is 28.4 Å². The monoisotopic (exact) mass is 461 g/mol. The highest BCUT2D eigenvalue weighted by Gasteiger charge is 2.48. The summed E-state index contributed by atoms with van der Waals surface area (Å²) in [5.41, 5.74) is -2.35. The lowest BCUT2D eigenvalue weighted by Crippen LogP contribution is -2.53. The number of furan rings is 1. The first-order chi connectivity index (χ1) is 15.4. The van der Waals surface area contributed by atoms with E-state index in [0.717, 1.165) is 5.39 Å². The van der Waals surface area contributed by atoms with Gasteiger partial charge in [-0.2, -0.15) is 18.4 Å². The molecule has 1 aliphatic rings. The molecule has 0 radical (unpaired) electrons. The summed E-state index contributed by atoms with van der Waals surface area (Å²) in [5, 5.41) is 15.5. The van der Waals surface area contributed by atoms with Gasteiger partial charge < -0.3 is 9.73 Å². The molecule has 2 N–H and O–H groups in total. The molecule has 9 heteroatoms. The normalized spacial score (nSPS) is 17.5. The fourth-order valence-corrected chi connectivity index (χ4v) is 3.93. The van der Waals surface area contributed by atoms with Crippen LogP contribution in [0.15, 0.2) is 46.9 Å². The molecule has 174 valence electrons. The molecule has 1 fully saturated rings. The van der Waals surface area contributed by atoms with Crippen molar-refractivity contribution in [2.45, 2.75) is 62.6 Å². The van der Waals surface area contributed by atoms with E-state index in [-0.39, 0.29) is 11.1 Å². The number of benzene rings is 2. The number of nitrogens with zero attached hydrogens (tertiary/aromatic N) is 1. The van der Waals surface area contributed by atoms with Gasteiger partial charge in [0.15, 0.2) is 0 Å². The summed E-state index contributed by atoms with van der Waals surface area (Å²) in [6, 6.07) is 9.47. The van der Waals surface area contributed by atoms with Gasteiger partial charge in [-0.25, -0.2) is 4.39 Å². The highest BCUT2D eigenvalue weighted by Crippen LogP contribution is 2.38. The van der Waals surface area contributed by atoms with Crippen molar-refractivity contribution in [3.8, 4) is 6.07 Å². The largest absolute Gasteiger partial charge is 0.456 e. The smallest absolute Gasteiger partial charge is 0.407 e. The van der Waals surface area contributed by atoms with E-state index in [1.165, 1.54) is 26.0 Å². The molecule has 0 saturated heterocycles. The third kappa shape index (κ3) is 4.96. The van der Waals surface area contributed by atoms with E-state index in [4.69, 9.17) is 4.42 Å². The highest BCUT2D eigenvalue weighted by atomic mass is 19.4. The summed E-state index contributed by atoms with van der Waals surface area (Å²) in [6.45, 7) is 2.38. The number of fused-ring (bicyclic) bond motifs is 3. The van der Waals surface area contributed by atoms with Crippen LogP contribution in [-0.4, -0.2) is 29.3 Å². The molecule has 5 nitrogen and oxygen atoms in total. The van der Waals surface area contributed by atoms with Gasteiger partial charge >= 0.3 is 6.18 Å². The zero-order chi connectivity index (χ0) is 24.0. The third-order valence-corrected chi connectivity index (χ3v) is 5.76. The SMILES string of the molecule is CC(C)(F)C[C@H](N[C@@H](c1ccc2c(c1)oc1ccccc12)C(F)(F)F)C(=O)NC1(C#N)CC1. The number of hydrogen-bond donors (Lipinski definition) is 2. The minimum Gasteiger partial charge on any atom is -0.456 e. The van der Waals surface area contributed by atoms with Crippen LogP contribution in [0.25, 0.3) is 21.9 Å². The molecule has 0 aliphatic heterocycles. The van der Waals surface area contributed by atoms with Gasteiger partial charge in [0.05, 0.1) is 12.1 Å². The topological polar surface area (TPSA) is 78.1 Å². The number of carbonyl (C=O) groups is 1. The molecule has 1 aliphatic carbocycles. The molecule has 0 spiro atoms. The van der Waals surface area contributed by atoms with Crippen molar-refractivity contribution in [3.05, 3.63) is 48.0 Å². The van der Waals surface area contributed by atoms with E-state index in [9.17, 15) is 27.6 Å². The molecular weight excluding hydrogens is 438 g/mol. The van der Waals surface area contributed by atoms with Gasteiger partial charge in [-0.1, -0.05) is 30.3 Å². The van der Waals surface area contributed by atoms with E-state index in [1.807, 2.05) is 12.1 Å². The molecule has 1 amide bonds. The lowest BCUT2D eigenvalue weighted by Gasteiger charge is -2.30. The zero-order valence-corrected chi connectivity index (χ0v) is 18.1. The van der Waals surface area contributed by atoms with Crippen LogP contribution in [0.3, 0.4) is 0 Å². The maximum Gasteiger partial charge on any atom is 0.407 e. The van der Waals surface area contributed by atoms with Gasteiger partial charge in [-0.05, 0) is 44.4 Å². The van der Waals surface area contributed by atoms with Crippen LogP contribution in [0.1, 0.15) is 44.7 Å². The van der Waals surface area contributed by atoms with Crippen LogP contribution >= 0.6 is 0 Å². The van der Waals surface area contributed by atoms with E-state index in [0.29, 0.717) is 23.8 Å². The summed E-state index contributed by atoms with van der Waals surface area (Å²) in [6.07, 6.45) is -4.45. The Balaban J connectivity index is 1.68. The zero-order valence-electron chi connectivity index (χ0n) is 18.1. The molecule has 1 saturated carbocycles. The molecule has 4 rings (SSSR count). The van der Waals surface area contributed by atoms with Crippen molar-refractivity contribution in [1.29, 1.82) is 5.26 Å². The third-order valence-electron chi connectivity index (χ3n) is 5.76. The van der Waals surface area contributed by atoms with E-state index < -0.39 is 41.8 Å². The molecule has 2 aromatic carbocycles. The number of hydrogen-bond acceptors (Lipinski definition) is 4. The molecular formula is C24H23F4N3O2. The number of para-hydroxylation sites is 1. The Morgan fingerprint density at radius 2 is 1.79 bits per heavy atom. The van der Waals surface area contributed by atoms with Crippen LogP contribution < -0.4 is 10.6 Å². The lowest BCUT2D eigenvalue weighted by atomic mass is 9.97. The van der Waals surface area contributed by atoms with E-state index in [1.54, 1.807) is 24.3 Å². The summed E-state index contributed by atoms with van der Waals surface area (Å²) in [7, 11) is 0. The second-order valence-corrected chi connectivity index (χ2v) is 9.15. The van der Waals surface area contributed by atoms with Gasteiger partial charge in [-0.3, -0.25) is 10.1 Å². The van der Waals surface area contributed by atoms with E-state index in [2.05, 4.69) is 10.6 Å². The van der Waals surface area contributed by atoms with Crippen LogP contribution in [-0.2, 0) is 4.79 Å². The Hall–Kier alpha value is -3.12. The Labute approximate surface area is 187 Å². The first kappa shape index (κ1) is 23.1. The number of halogens is 4. The summed E-state index contributed by atoms with van der Waals surface area (Å²) < 4.78 is 62.5. The minimum absolute atomic E-state index is 0.162. The number of alkyl halides is 4. The molecule has 2 atom stereocenters. The van der Waals surface area contributed by atoms with Crippen LogP contribution in [0, 0.1) is 11.3 Å². The predicted molar refractivity (Wildman–Crippen MR) is 115 cm³/mol. The first-order valence-electron chi connectivity index (χ1n) is 10.6. The Bertz CT molecular complexity index is 1230. The van der Waals surface area contributed by atoms with Crippen molar-refractivity contribution >= 4 is 27.8 Å². The van der Waals surface area contributed by atoms with Crippen molar-refractivity contribution in [1.82, 2.24) is 10.6 Å². The maximum absolute atomic E-state index is 14.4. The molecule has 3 aromatic rings. The van der Waals surface area contributed by atoms with Gasteiger partial charge in [-0.15, -0.1) is 0 Å². The number of nitrogens with one attached hydrogen (secondary N) is 2. The molecule has 1 heterocycles. The number of carbonyl (C=O) groups excluding carboxylic acids is 1. The fraction of sp³-hybridized carbons (Fsp3) is 0.417. The molecule has 0 bridgehead atoms. The summed E-state index contributed by atoms with van der Waals surface area (Å²) in [5.74, 6) is -0.834.